The van der Waals surface area contributed by atoms with E-state index < -0.39 is 16.0 Å². The normalized spacial score (nSPS) is 18.9. The summed E-state index contributed by atoms with van der Waals surface area (Å²) in [6, 6.07) is 6.33. The van der Waals surface area contributed by atoms with Gasteiger partial charge in [0, 0.05) is 31.1 Å². The minimum absolute atomic E-state index is 0.123. The molecule has 1 aliphatic carbocycles. The van der Waals surface area contributed by atoms with Gasteiger partial charge < -0.3 is 14.8 Å². The number of hydrogen-bond donors (Lipinski definition) is 1. The van der Waals surface area contributed by atoms with E-state index in [1.807, 2.05) is 4.90 Å². The van der Waals surface area contributed by atoms with Crippen molar-refractivity contribution in [2.75, 3.05) is 51.8 Å². The Bertz CT molecular complexity index is 1200. The van der Waals surface area contributed by atoms with Crippen molar-refractivity contribution in [2.24, 2.45) is 5.92 Å². The minimum Gasteiger partial charge on any atom is -0.497 e. The molecule has 0 spiro atoms. The van der Waals surface area contributed by atoms with Crippen molar-refractivity contribution in [2.45, 2.75) is 38.0 Å². The lowest BCUT2D eigenvalue weighted by atomic mass is 9.88. The average Bonchev–Trinajstić information content (AvgIpc) is 3.21. The number of benzene rings is 1. The van der Waals surface area contributed by atoms with Crippen LogP contribution in [0, 0.1) is 5.92 Å². The molecule has 1 fully saturated rings. The van der Waals surface area contributed by atoms with E-state index in [0.717, 1.165) is 29.7 Å². The highest BCUT2D eigenvalue weighted by Gasteiger charge is 2.31. The first-order valence-electron chi connectivity index (χ1n) is 12.2. The second-order valence-corrected chi connectivity index (χ2v) is 12.2. The van der Waals surface area contributed by atoms with Crippen molar-refractivity contribution < 1.29 is 27.5 Å². The fourth-order valence-electron chi connectivity index (χ4n) is 4.65. The van der Waals surface area contributed by atoms with E-state index in [1.54, 1.807) is 19.1 Å². The molecule has 9 nitrogen and oxygen atoms in total. The summed E-state index contributed by atoms with van der Waals surface area (Å²) in [7, 11) is -2.08. The first-order valence-corrected chi connectivity index (χ1v) is 14.5. The first-order chi connectivity index (χ1) is 17.2. The highest BCUT2D eigenvalue weighted by Crippen LogP contribution is 2.40. The predicted molar refractivity (Wildman–Crippen MR) is 138 cm³/mol. The van der Waals surface area contributed by atoms with Crippen LogP contribution in [-0.2, 0) is 32.4 Å². The molecule has 1 aromatic carbocycles. The van der Waals surface area contributed by atoms with Gasteiger partial charge in [0.1, 0.15) is 10.8 Å². The number of anilines is 1. The number of fused-ring (bicyclic) bond motifs is 1. The molecular formula is C25H33N3O6S2. The predicted octanol–water partition coefficient (Wildman–Crippen LogP) is 3.00. The summed E-state index contributed by atoms with van der Waals surface area (Å²) in [5.41, 5.74) is 1.50. The molecule has 1 unspecified atom stereocenters. The molecule has 1 N–H and O–H groups in total. The molecule has 0 bridgehead atoms. The molecule has 2 aliphatic rings. The van der Waals surface area contributed by atoms with Crippen molar-refractivity contribution >= 4 is 38.2 Å². The van der Waals surface area contributed by atoms with Gasteiger partial charge in [-0.25, -0.2) is 13.2 Å². The number of nitrogens with one attached hydrogen (secondary N) is 1. The third-order valence-electron chi connectivity index (χ3n) is 6.64. The standard InChI is InChI=1S/C25H33N3O6S2/c1-4-34-25(30)23-20-10-5-17(2)15-21(20)35-24(23)26-22(29)16-27-11-13-28(14-12-27)36(31,32)19-8-6-18(33-3)7-9-19/h6-9,17H,4-5,10-16H2,1-3H3,(H,26,29). The molecular weight excluding hydrogens is 502 g/mol. The van der Waals surface area contributed by atoms with Crippen LogP contribution in [0.3, 0.4) is 0 Å². The highest BCUT2D eigenvalue weighted by atomic mass is 32.2. The lowest BCUT2D eigenvalue weighted by molar-refractivity contribution is -0.117. The summed E-state index contributed by atoms with van der Waals surface area (Å²) in [5, 5.41) is 3.49. The number of carbonyl (C=O) groups excluding carboxylic acids is 2. The molecule has 1 aromatic heterocycles. The Labute approximate surface area is 216 Å². The third-order valence-corrected chi connectivity index (χ3v) is 9.72. The number of methoxy groups -OCH3 is 1. The fourth-order valence-corrected chi connectivity index (χ4v) is 7.49. The van der Waals surface area contributed by atoms with Gasteiger partial charge >= 0.3 is 5.97 Å². The van der Waals surface area contributed by atoms with Crippen LogP contribution in [0.15, 0.2) is 29.2 Å². The van der Waals surface area contributed by atoms with Crippen LogP contribution in [0.1, 0.15) is 41.1 Å². The smallest absolute Gasteiger partial charge is 0.341 e. The topological polar surface area (TPSA) is 105 Å². The van der Waals surface area contributed by atoms with Gasteiger partial charge in [0.2, 0.25) is 15.9 Å². The molecule has 196 valence electrons. The number of carbonyl (C=O) groups is 2. The Hall–Kier alpha value is -2.47. The maximum atomic E-state index is 13.0. The maximum absolute atomic E-state index is 13.0. The van der Waals surface area contributed by atoms with Crippen LogP contribution in [-0.4, -0.2) is 75.9 Å². The van der Waals surface area contributed by atoms with Crippen LogP contribution in [0.4, 0.5) is 5.00 Å². The number of ether oxygens (including phenoxy) is 2. The van der Waals surface area contributed by atoms with Crippen LogP contribution in [0.25, 0.3) is 0 Å². The fraction of sp³-hybridized carbons (Fsp3) is 0.520. The van der Waals surface area contributed by atoms with Crippen molar-refractivity contribution in [3.05, 3.63) is 40.3 Å². The lowest BCUT2D eigenvalue weighted by Crippen LogP contribution is -2.50. The molecule has 36 heavy (non-hydrogen) atoms. The van der Waals surface area contributed by atoms with E-state index in [9.17, 15) is 18.0 Å². The number of sulfonamides is 1. The van der Waals surface area contributed by atoms with E-state index in [1.165, 1.54) is 34.9 Å². The summed E-state index contributed by atoms with van der Waals surface area (Å²) >= 11 is 1.47. The molecule has 2 aromatic rings. The summed E-state index contributed by atoms with van der Waals surface area (Å²) < 4.78 is 37.8. The quantitative estimate of drug-likeness (QED) is 0.518. The van der Waals surface area contributed by atoms with Crippen LogP contribution >= 0.6 is 11.3 Å². The van der Waals surface area contributed by atoms with Gasteiger partial charge in [0.25, 0.3) is 0 Å². The van der Waals surface area contributed by atoms with Crippen molar-refractivity contribution in [1.29, 1.82) is 0 Å². The molecule has 1 aliphatic heterocycles. The number of amides is 1. The second-order valence-electron chi connectivity index (χ2n) is 9.18. The number of esters is 1. The average molecular weight is 536 g/mol. The summed E-state index contributed by atoms with van der Waals surface area (Å²) in [6.45, 7) is 5.82. The van der Waals surface area contributed by atoms with Gasteiger partial charge in [-0.05, 0) is 61.9 Å². The lowest BCUT2D eigenvalue weighted by Gasteiger charge is -2.33. The molecule has 0 saturated carbocycles. The highest BCUT2D eigenvalue weighted by molar-refractivity contribution is 7.89. The zero-order valence-corrected chi connectivity index (χ0v) is 22.5. The van der Waals surface area contributed by atoms with E-state index in [2.05, 4.69) is 12.2 Å². The van der Waals surface area contributed by atoms with Gasteiger partial charge in [-0.15, -0.1) is 11.3 Å². The minimum atomic E-state index is -3.61. The Kier molecular flexibility index (Phi) is 8.34. The van der Waals surface area contributed by atoms with Gasteiger partial charge in [0.15, 0.2) is 0 Å². The van der Waals surface area contributed by atoms with Crippen LogP contribution in [0.2, 0.25) is 0 Å². The van der Waals surface area contributed by atoms with Gasteiger partial charge in [-0.3, -0.25) is 9.69 Å². The molecule has 1 atom stereocenters. The van der Waals surface area contributed by atoms with E-state index in [-0.39, 0.29) is 24.0 Å². The van der Waals surface area contributed by atoms with E-state index in [0.29, 0.717) is 48.4 Å². The van der Waals surface area contributed by atoms with Crippen LogP contribution in [0.5, 0.6) is 5.75 Å². The van der Waals surface area contributed by atoms with Gasteiger partial charge in [-0.1, -0.05) is 6.92 Å². The van der Waals surface area contributed by atoms with E-state index in [4.69, 9.17) is 9.47 Å². The zero-order valence-electron chi connectivity index (χ0n) is 20.9. The Balaban J connectivity index is 1.38. The molecule has 2 heterocycles. The van der Waals surface area contributed by atoms with Crippen molar-refractivity contribution in [3.8, 4) is 5.75 Å². The third kappa shape index (κ3) is 5.74. The van der Waals surface area contributed by atoms with Crippen LogP contribution < -0.4 is 10.1 Å². The number of piperazine rings is 1. The Morgan fingerprint density at radius 1 is 1.14 bits per heavy atom. The SMILES string of the molecule is CCOC(=O)c1c(NC(=O)CN2CCN(S(=O)(=O)c3ccc(OC)cc3)CC2)sc2c1CCC(C)C2. The second kappa shape index (κ2) is 11.3. The molecule has 1 amide bonds. The first kappa shape index (κ1) is 26.6. The van der Waals surface area contributed by atoms with Gasteiger partial charge in [-0.2, -0.15) is 4.31 Å². The summed E-state index contributed by atoms with van der Waals surface area (Å²) in [4.78, 5) is 28.9. The van der Waals surface area contributed by atoms with Crippen molar-refractivity contribution in [3.63, 3.8) is 0 Å². The van der Waals surface area contributed by atoms with E-state index >= 15 is 0 Å². The maximum Gasteiger partial charge on any atom is 0.341 e. The summed E-state index contributed by atoms with van der Waals surface area (Å²) in [6.07, 6.45) is 2.71. The number of thiophene rings is 1. The number of nitrogens with zero attached hydrogens (tertiary/aromatic N) is 2. The molecule has 11 heteroatoms. The summed E-state index contributed by atoms with van der Waals surface area (Å²) in [5.74, 6) is 0.521. The van der Waals surface area contributed by atoms with Crippen molar-refractivity contribution in [1.82, 2.24) is 9.21 Å². The Morgan fingerprint density at radius 2 is 1.83 bits per heavy atom. The molecule has 1 saturated heterocycles. The number of rotatable bonds is 8. The van der Waals surface area contributed by atoms with Gasteiger partial charge in [0.05, 0.1) is 30.7 Å². The zero-order chi connectivity index (χ0) is 25.9. The largest absolute Gasteiger partial charge is 0.497 e. The molecule has 4 rings (SSSR count). The Morgan fingerprint density at radius 3 is 2.47 bits per heavy atom. The molecule has 0 radical (unpaired) electrons. The monoisotopic (exact) mass is 535 g/mol. The number of hydrogen-bond acceptors (Lipinski definition) is 8.